The fraction of sp³-hybridized carbons (Fsp3) is 0.542. The van der Waals surface area contributed by atoms with Gasteiger partial charge in [-0.15, -0.1) is 0 Å². The molecule has 1 N–H and O–H groups in total. The van der Waals surface area contributed by atoms with Gasteiger partial charge in [-0.05, 0) is 166 Å². The number of allylic oxidation sites excluding steroid dienone is 18. The van der Waals surface area contributed by atoms with Gasteiger partial charge in [0.1, 0.15) is 0 Å². The predicted molar refractivity (Wildman–Crippen MR) is 224 cm³/mol. The monoisotopic (exact) mass is 713 g/mol. The van der Waals surface area contributed by atoms with Crippen molar-refractivity contribution in [2.75, 3.05) is 7.11 Å². The lowest BCUT2D eigenvalue weighted by Gasteiger charge is -2.17. The van der Waals surface area contributed by atoms with Gasteiger partial charge >= 0.3 is 0 Å². The van der Waals surface area contributed by atoms with Crippen LogP contribution in [0, 0.1) is 0 Å². The molecule has 0 aromatic carbocycles. The Kier molecular flexibility index (Phi) is 23.3. The van der Waals surface area contributed by atoms with E-state index in [9.17, 15) is 14.7 Å². The second-order valence-corrected chi connectivity index (χ2v) is 15.3. The molecule has 0 spiro atoms. The van der Waals surface area contributed by atoms with Crippen molar-refractivity contribution in [3.8, 4) is 0 Å². The molecule has 0 aromatic heterocycles. The van der Waals surface area contributed by atoms with Crippen molar-refractivity contribution in [1.29, 1.82) is 0 Å². The summed E-state index contributed by atoms with van der Waals surface area (Å²) in [5, 5.41) is 9.92. The number of carbonyl (C=O) groups excluding carboxylic acids is 2. The molecule has 0 heterocycles. The van der Waals surface area contributed by atoms with Crippen molar-refractivity contribution in [2.24, 2.45) is 0 Å². The number of ether oxygens (including phenoxy) is 1. The number of hydrogen-bond donors (Lipinski definition) is 1. The normalized spacial score (nSPS) is 16.0. The zero-order valence-corrected chi connectivity index (χ0v) is 34.9. The van der Waals surface area contributed by atoms with Crippen molar-refractivity contribution in [3.05, 3.63) is 116 Å². The lowest BCUT2D eigenvalue weighted by molar-refractivity contribution is -0.120. The molecule has 1 rings (SSSR count). The number of Topliss-reactive ketones (excluding diaryl/α,β-unsaturated/α-hetero) is 2. The quantitative estimate of drug-likeness (QED) is 0.0799. The Morgan fingerprint density at radius 2 is 0.769 bits per heavy atom. The summed E-state index contributed by atoms with van der Waals surface area (Å²) in [5.41, 5.74) is 12.1. The molecule has 1 aliphatic rings. The van der Waals surface area contributed by atoms with Crippen molar-refractivity contribution in [3.63, 3.8) is 0 Å². The molecule has 4 heteroatoms. The predicted octanol–water partition coefficient (Wildman–Crippen LogP) is 14.3. The summed E-state index contributed by atoms with van der Waals surface area (Å²) in [6, 6.07) is 0. The molecule has 0 amide bonds. The number of aliphatic hydroxyl groups excluding tert-OH is 1. The highest BCUT2D eigenvalue weighted by Gasteiger charge is 2.32. The second kappa shape index (κ2) is 26.2. The molecule has 0 saturated carbocycles. The third kappa shape index (κ3) is 19.8. The molecule has 0 fully saturated rings. The maximum absolute atomic E-state index is 12.6. The van der Waals surface area contributed by atoms with Gasteiger partial charge in [-0.3, -0.25) is 9.59 Å². The third-order valence-electron chi connectivity index (χ3n) is 9.84. The van der Waals surface area contributed by atoms with Gasteiger partial charge in [0.15, 0.2) is 0 Å². The maximum Gasteiger partial charge on any atom is 0.228 e. The van der Waals surface area contributed by atoms with E-state index in [1.807, 2.05) is 6.08 Å². The number of aliphatic hydroxyl groups is 1. The van der Waals surface area contributed by atoms with Gasteiger partial charge in [-0.1, -0.05) is 93.2 Å². The van der Waals surface area contributed by atoms with Gasteiger partial charge in [0.05, 0.1) is 7.11 Å². The van der Waals surface area contributed by atoms with Crippen LogP contribution in [0.5, 0.6) is 0 Å². The molecule has 0 bridgehead atoms. The Labute approximate surface area is 318 Å². The number of carbonyl (C=O) groups is 2. The van der Waals surface area contributed by atoms with Crippen molar-refractivity contribution >= 4 is 11.6 Å². The summed E-state index contributed by atoms with van der Waals surface area (Å²) in [4.78, 5) is 24.9. The minimum absolute atomic E-state index is 0.263. The molecule has 4 nitrogen and oxygen atoms in total. The average molecular weight is 713 g/mol. The van der Waals surface area contributed by atoms with Crippen LogP contribution in [0.15, 0.2) is 116 Å². The molecular weight excluding hydrogens is 641 g/mol. The Morgan fingerprint density at radius 1 is 0.481 bits per heavy atom. The Bertz CT molecular complexity index is 1500. The first kappa shape index (κ1) is 46.4. The number of ketones is 2. The first-order valence-corrected chi connectivity index (χ1v) is 19.6. The number of rotatable bonds is 24. The lowest BCUT2D eigenvalue weighted by atomic mass is 9.90. The van der Waals surface area contributed by atoms with E-state index in [1.54, 1.807) is 6.92 Å². The fourth-order valence-corrected chi connectivity index (χ4v) is 6.12. The third-order valence-corrected chi connectivity index (χ3v) is 9.84. The first-order valence-electron chi connectivity index (χ1n) is 19.6. The van der Waals surface area contributed by atoms with Gasteiger partial charge < -0.3 is 9.84 Å². The maximum atomic E-state index is 12.6. The first-order chi connectivity index (χ1) is 24.7. The molecule has 0 saturated heterocycles. The number of hydrogen-bond acceptors (Lipinski definition) is 4. The van der Waals surface area contributed by atoms with Crippen LogP contribution in [-0.4, -0.2) is 23.8 Å². The van der Waals surface area contributed by atoms with Crippen LogP contribution in [0.25, 0.3) is 0 Å². The van der Waals surface area contributed by atoms with Crippen LogP contribution in [-0.2, 0) is 14.3 Å². The van der Waals surface area contributed by atoms with Gasteiger partial charge in [0, 0.05) is 11.1 Å². The minimum atomic E-state index is -0.600. The van der Waals surface area contributed by atoms with Gasteiger partial charge in [-0.25, -0.2) is 0 Å². The average Bonchev–Trinajstić information content (AvgIpc) is 3.07. The minimum Gasteiger partial charge on any atom is -0.501 e. The van der Waals surface area contributed by atoms with Crippen LogP contribution in [0.3, 0.4) is 0 Å². The summed E-state index contributed by atoms with van der Waals surface area (Å²) >= 11 is 0. The van der Waals surface area contributed by atoms with E-state index >= 15 is 0 Å². The molecule has 288 valence electrons. The van der Waals surface area contributed by atoms with Crippen LogP contribution in [0.4, 0.5) is 0 Å². The van der Waals surface area contributed by atoms with Crippen LogP contribution in [0.2, 0.25) is 0 Å². The fourth-order valence-electron chi connectivity index (χ4n) is 6.12. The molecular formula is C48H72O4. The van der Waals surface area contributed by atoms with E-state index in [2.05, 4.69) is 105 Å². The van der Waals surface area contributed by atoms with E-state index in [-0.39, 0.29) is 11.3 Å². The van der Waals surface area contributed by atoms with Crippen LogP contribution < -0.4 is 0 Å². The SMILES string of the molecule is COC1=C(O)C(=O)C(C)=C(C/C=C(\C)CC/C=C(\C)CC/C=C(\C)CC/C=C(\C)CC/C=C(\C)CC/C=C(\C)CC/C=C(\C)CCC=C(C)C)C1=O. The molecule has 0 atom stereocenters. The molecule has 0 radical (unpaired) electrons. The second-order valence-electron chi connectivity index (χ2n) is 15.3. The number of methoxy groups -OCH3 is 1. The molecule has 0 aromatic rings. The standard InChI is InChI=1S/C48H72O4/c1-35(2)19-12-20-36(3)21-13-22-37(4)23-14-24-38(5)25-15-26-39(6)27-16-28-40(7)29-17-30-41(8)31-18-32-42(9)33-34-44-43(10)45(49)47(51)48(52-11)46(44)50/h19,21,23,25,27,29,31,33,51H,12-18,20,22,24,26,28,30,32,34H2,1-11H3/b36-21+,37-23+,38-25+,39-27+,40-29+,41-31+,42-33+. The van der Waals surface area contributed by atoms with Crippen molar-refractivity contribution in [2.45, 2.75) is 166 Å². The summed E-state index contributed by atoms with van der Waals surface area (Å²) in [6.07, 6.45) is 34.5. The zero-order chi connectivity index (χ0) is 39.1. The van der Waals surface area contributed by atoms with Gasteiger partial charge in [0.2, 0.25) is 23.1 Å². The lowest BCUT2D eigenvalue weighted by Crippen LogP contribution is -2.23. The molecule has 52 heavy (non-hydrogen) atoms. The van der Waals surface area contributed by atoms with Gasteiger partial charge in [0.25, 0.3) is 0 Å². The van der Waals surface area contributed by atoms with Crippen molar-refractivity contribution < 1.29 is 19.4 Å². The molecule has 0 aliphatic heterocycles. The largest absolute Gasteiger partial charge is 0.501 e. The summed E-state index contributed by atoms with van der Waals surface area (Å²) in [5.74, 6) is -1.82. The zero-order valence-electron chi connectivity index (χ0n) is 34.9. The topological polar surface area (TPSA) is 63.6 Å². The summed E-state index contributed by atoms with van der Waals surface area (Å²) < 4.78 is 4.98. The molecule has 0 unspecified atom stereocenters. The van der Waals surface area contributed by atoms with E-state index < -0.39 is 17.3 Å². The van der Waals surface area contributed by atoms with Gasteiger partial charge in [-0.2, -0.15) is 0 Å². The highest BCUT2D eigenvalue weighted by Crippen LogP contribution is 2.27. The summed E-state index contributed by atoms with van der Waals surface area (Å²) in [6.45, 7) is 21.5. The Balaban J connectivity index is 2.32. The highest BCUT2D eigenvalue weighted by molar-refractivity contribution is 6.23. The summed E-state index contributed by atoms with van der Waals surface area (Å²) in [7, 11) is 1.29. The van der Waals surface area contributed by atoms with E-state index in [4.69, 9.17) is 4.74 Å². The smallest absolute Gasteiger partial charge is 0.228 e. The van der Waals surface area contributed by atoms with E-state index in [0.29, 0.717) is 12.0 Å². The van der Waals surface area contributed by atoms with E-state index in [0.717, 1.165) is 77.0 Å². The van der Waals surface area contributed by atoms with Crippen LogP contribution in [0.1, 0.15) is 166 Å². The Hall–Kier alpha value is -3.66. The van der Waals surface area contributed by atoms with Crippen molar-refractivity contribution in [1.82, 2.24) is 0 Å². The Morgan fingerprint density at radius 3 is 1.06 bits per heavy atom. The molecule has 1 aliphatic carbocycles. The highest BCUT2D eigenvalue weighted by atomic mass is 16.5. The van der Waals surface area contributed by atoms with Crippen LogP contribution >= 0.6 is 0 Å². The van der Waals surface area contributed by atoms with E-state index in [1.165, 1.54) is 64.5 Å².